The number of hydrogen-bond donors (Lipinski definition) is 2. The number of rotatable bonds is 4. The SMILES string of the molecule is NC(=O)c1cc(-c2ccccc2)n(-c2ccc(S(N)(=O)=O)cc2)n1. The Kier molecular flexibility index (Phi) is 3.92. The van der Waals surface area contributed by atoms with E-state index in [9.17, 15) is 13.2 Å². The molecule has 0 aliphatic carbocycles. The molecule has 0 atom stereocenters. The Morgan fingerprint density at radius 2 is 1.62 bits per heavy atom. The number of nitrogens with zero attached hydrogens (tertiary/aromatic N) is 2. The Hall–Kier alpha value is -2.97. The van der Waals surface area contributed by atoms with Gasteiger partial charge in [0.1, 0.15) is 0 Å². The predicted molar refractivity (Wildman–Crippen MR) is 88.9 cm³/mol. The molecule has 4 N–H and O–H groups in total. The van der Waals surface area contributed by atoms with Crippen LogP contribution >= 0.6 is 0 Å². The quantitative estimate of drug-likeness (QED) is 0.742. The summed E-state index contributed by atoms with van der Waals surface area (Å²) in [5, 5.41) is 9.31. The lowest BCUT2D eigenvalue weighted by Crippen LogP contribution is -2.13. The van der Waals surface area contributed by atoms with Gasteiger partial charge in [-0.15, -0.1) is 0 Å². The molecule has 122 valence electrons. The third-order valence-electron chi connectivity index (χ3n) is 3.44. The van der Waals surface area contributed by atoms with Crippen LogP contribution in [0.3, 0.4) is 0 Å². The molecule has 0 spiro atoms. The summed E-state index contributed by atoms with van der Waals surface area (Å²) in [6.07, 6.45) is 0. The molecule has 1 aromatic heterocycles. The minimum Gasteiger partial charge on any atom is -0.364 e. The summed E-state index contributed by atoms with van der Waals surface area (Å²) in [5.41, 5.74) is 7.52. The molecule has 1 heterocycles. The largest absolute Gasteiger partial charge is 0.364 e. The highest BCUT2D eigenvalue weighted by Gasteiger charge is 2.15. The molecule has 0 aliphatic rings. The fraction of sp³-hybridized carbons (Fsp3) is 0. The monoisotopic (exact) mass is 342 g/mol. The van der Waals surface area contributed by atoms with Gasteiger partial charge in [0, 0.05) is 5.56 Å². The molecule has 3 rings (SSSR count). The predicted octanol–water partition coefficient (Wildman–Crippen LogP) is 1.29. The lowest BCUT2D eigenvalue weighted by Gasteiger charge is -2.08. The van der Waals surface area contributed by atoms with Crippen LogP contribution in [-0.2, 0) is 10.0 Å². The molecule has 0 fully saturated rings. The summed E-state index contributed by atoms with van der Waals surface area (Å²) >= 11 is 0. The minimum atomic E-state index is -3.78. The van der Waals surface area contributed by atoms with Crippen molar-refractivity contribution in [1.82, 2.24) is 9.78 Å². The second-order valence-electron chi connectivity index (χ2n) is 5.10. The van der Waals surface area contributed by atoms with Crippen LogP contribution in [0.2, 0.25) is 0 Å². The van der Waals surface area contributed by atoms with Crippen molar-refractivity contribution < 1.29 is 13.2 Å². The average Bonchev–Trinajstić information content (AvgIpc) is 3.00. The summed E-state index contributed by atoms with van der Waals surface area (Å²) in [5.74, 6) is -0.646. The topological polar surface area (TPSA) is 121 Å². The maximum atomic E-state index is 11.5. The number of aromatic nitrogens is 2. The van der Waals surface area contributed by atoms with Crippen LogP contribution < -0.4 is 10.9 Å². The highest BCUT2D eigenvalue weighted by atomic mass is 32.2. The van der Waals surface area contributed by atoms with Gasteiger partial charge in [0.15, 0.2) is 5.69 Å². The second-order valence-corrected chi connectivity index (χ2v) is 6.66. The molecule has 3 aromatic rings. The Morgan fingerprint density at radius 3 is 2.17 bits per heavy atom. The van der Waals surface area contributed by atoms with Crippen LogP contribution in [0.5, 0.6) is 0 Å². The average molecular weight is 342 g/mol. The summed E-state index contributed by atoms with van der Waals surface area (Å²) in [6.45, 7) is 0. The standard InChI is InChI=1S/C16H14N4O3S/c17-16(21)14-10-15(11-4-2-1-3-5-11)20(19-14)12-6-8-13(9-7-12)24(18,22)23/h1-10H,(H2,17,21)(H2,18,22,23). The van der Waals surface area contributed by atoms with Gasteiger partial charge in [0.05, 0.1) is 16.3 Å². The fourth-order valence-corrected chi connectivity index (χ4v) is 2.81. The van der Waals surface area contributed by atoms with Gasteiger partial charge >= 0.3 is 0 Å². The third kappa shape index (κ3) is 3.05. The molecule has 0 radical (unpaired) electrons. The molecule has 24 heavy (non-hydrogen) atoms. The van der Waals surface area contributed by atoms with Crippen LogP contribution in [0.1, 0.15) is 10.5 Å². The van der Waals surface area contributed by atoms with Gasteiger partial charge < -0.3 is 5.73 Å². The number of carbonyl (C=O) groups excluding carboxylic acids is 1. The molecule has 2 aromatic carbocycles. The van der Waals surface area contributed by atoms with E-state index in [1.807, 2.05) is 30.3 Å². The van der Waals surface area contributed by atoms with Gasteiger partial charge in [-0.2, -0.15) is 5.10 Å². The van der Waals surface area contributed by atoms with Gasteiger partial charge in [-0.1, -0.05) is 30.3 Å². The van der Waals surface area contributed by atoms with Crippen molar-refractivity contribution in [2.45, 2.75) is 4.90 Å². The number of primary amides is 1. The summed E-state index contributed by atoms with van der Waals surface area (Å²) in [4.78, 5) is 11.5. The van der Waals surface area contributed by atoms with Crippen molar-refractivity contribution >= 4 is 15.9 Å². The van der Waals surface area contributed by atoms with Gasteiger partial charge in [-0.25, -0.2) is 18.2 Å². The normalized spacial score (nSPS) is 11.4. The van der Waals surface area contributed by atoms with Gasteiger partial charge in [-0.05, 0) is 30.3 Å². The van der Waals surface area contributed by atoms with Gasteiger partial charge in [0.2, 0.25) is 10.0 Å². The minimum absolute atomic E-state index is 0.00482. The van der Waals surface area contributed by atoms with Crippen molar-refractivity contribution in [1.29, 1.82) is 0 Å². The maximum absolute atomic E-state index is 11.5. The fourth-order valence-electron chi connectivity index (χ4n) is 2.29. The summed E-state index contributed by atoms with van der Waals surface area (Å²) in [7, 11) is -3.78. The van der Waals surface area contributed by atoms with E-state index in [2.05, 4.69) is 5.10 Å². The maximum Gasteiger partial charge on any atom is 0.269 e. The van der Waals surface area contributed by atoms with Crippen LogP contribution in [0.15, 0.2) is 65.6 Å². The molecular formula is C16H14N4O3S. The molecular weight excluding hydrogens is 328 g/mol. The molecule has 0 saturated heterocycles. The van der Waals surface area contributed by atoms with Gasteiger partial charge in [-0.3, -0.25) is 4.79 Å². The number of hydrogen-bond acceptors (Lipinski definition) is 4. The van der Waals surface area contributed by atoms with E-state index in [-0.39, 0.29) is 10.6 Å². The van der Waals surface area contributed by atoms with E-state index in [0.717, 1.165) is 5.56 Å². The zero-order valence-corrected chi connectivity index (χ0v) is 13.3. The number of primary sulfonamides is 1. The van der Waals surface area contributed by atoms with Crippen molar-refractivity contribution in [3.8, 4) is 16.9 Å². The first-order valence-corrected chi connectivity index (χ1v) is 8.49. The first-order chi connectivity index (χ1) is 11.4. The zero-order chi connectivity index (χ0) is 17.3. The van der Waals surface area contributed by atoms with Crippen LogP contribution in [0.4, 0.5) is 0 Å². The molecule has 0 unspecified atom stereocenters. The van der Waals surface area contributed by atoms with E-state index in [1.54, 1.807) is 18.2 Å². The first-order valence-electron chi connectivity index (χ1n) is 6.95. The highest BCUT2D eigenvalue weighted by molar-refractivity contribution is 7.89. The Bertz CT molecular complexity index is 994. The number of benzene rings is 2. The third-order valence-corrected chi connectivity index (χ3v) is 4.37. The molecule has 7 nitrogen and oxygen atoms in total. The molecule has 1 amide bonds. The summed E-state index contributed by atoms with van der Waals surface area (Å²) in [6, 6.07) is 16.8. The van der Waals surface area contributed by atoms with Crippen molar-refractivity contribution in [2.24, 2.45) is 10.9 Å². The van der Waals surface area contributed by atoms with Gasteiger partial charge in [0.25, 0.3) is 5.91 Å². The highest BCUT2D eigenvalue weighted by Crippen LogP contribution is 2.24. The number of carbonyl (C=O) groups is 1. The summed E-state index contributed by atoms with van der Waals surface area (Å²) < 4.78 is 24.2. The first kappa shape index (κ1) is 15.9. The lowest BCUT2D eigenvalue weighted by atomic mass is 10.1. The van der Waals surface area contributed by atoms with Crippen molar-refractivity contribution in [2.75, 3.05) is 0 Å². The van der Waals surface area contributed by atoms with E-state index in [4.69, 9.17) is 10.9 Å². The zero-order valence-electron chi connectivity index (χ0n) is 12.5. The Morgan fingerprint density at radius 1 is 1.00 bits per heavy atom. The number of nitrogens with two attached hydrogens (primary N) is 2. The lowest BCUT2D eigenvalue weighted by molar-refractivity contribution is 0.0995. The van der Waals surface area contributed by atoms with E-state index in [1.165, 1.54) is 16.8 Å². The Labute approximate surface area is 138 Å². The van der Waals surface area contributed by atoms with Crippen molar-refractivity contribution in [3.63, 3.8) is 0 Å². The van der Waals surface area contributed by atoms with Crippen LogP contribution in [-0.4, -0.2) is 24.1 Å². The van der Waals surface area contributed by atoms with Crippen molar-refractivity contribution in [3.05, 3.63) is 66.4 Å². The van der Waals surface area contributed by atoms with Crippen LogP contribution in [0, 0.1) is 0 Å². The molecule has 0 aliphatic heterocycles. The number of amides is 1. The molecule has 8 heteroatoms. The number of sulfonamides is 1. The second kappa shape index (κ2) is 5.91. The Balaban J connectivity index is 2.15. The molecule has 0 saturated carbocycles. The van der Waals surface area contributed by atoms with E-state index >= 15 is 0 Å². The van der Waals surface area contributed by atoms with Crippen LogP contribution in [0.25, 0.3) is 16.9 Å². The van der Waals surface area contributed by atoms with E-state index < -0.39 is 15.9 Å². The molecule has 0 bridgehead atoms. The smallest absolute Gasteiger partial charge is 0.269 e. The van der Waals surface area contributed by atoms with E-state index in [0.29, 0.717) is 11.4 Å².